The number of hydrogen-bond donors (Lipinski definition) is 1. The average Bonchev–Trinajstić information content (AvgIpc) is 2.41. The molecule has 0 amide bonds. The molecular formula is C9H11N3O2S. The fourth-order valence-corrected chi connectivity index (χ4v) is 2.46. The molecular weight excluding hydrogens is 214 g/mol. The lowest BCUT2D eigenvalue weighted by atomic mass is 10.2. The van der Waals surface area contributed by atoms with Gasteiger partial charge in [-0.25, -0.2) is 18.5 Å². The molecule has 2 aromatic rings. The van der Waals surface area contributed by atoms with Crippen LogP contribution in [-0.4, -0.2) is 18.0 Å². The van der Waals surface area contributed by atoms with Crippen molar-refractivity contribution < 1.29 is 8.42 Å². The number of pyridine rings is 1. The van der Waals surface area contributed by atoms with Crippen LogP contribution in [0.15, 0.2) is 23.5 Å². The highest BCUT2D eigenvalue weighted by molar-refractivity contribution is 7.89. The Morgan fingerprint density at radius 3 is 2.73 bits per heavy atom. The van der Waals surface area contributed by atoms with Gasteiger partial charge in [-0.05, 0) is 18.6 Å². The van der Waals surface area contributed by atoms with Crippen LogP contribution in [0.5, 0.6) is 0 Å². The number of nitrogens with two attached hydrogens (primary N) is 1. The zero-order chi connectivity index (χ0) is 11.2. The number of hydrogen-bond acceptors (Lipinski definition) is 3. The quantitative estimate of drug-likeness (QED) is 0.769. The lowest BCUT2D eigenvalue weighted by Gasteiger charge is -2.02. The summed E-state index contributed by atoms with van der Waals surface area (Å²) in [5.74, 6) is 0. The number of rotatable bonds is 1. The number of aryl methyl sites for hydroxylation is 2. The van der Waals surface area contributed by atoms with Crippen molar-refractivity contribution >= 4 is 20.9 Å². The fourth-order valence-electron chi connectivity index (χ4n) is 1.73. The van der Waals surface area contributed by atoms with Gasteiger partial charge in [0, 0.05) is 24.8 Å². The minimum Gasteiger partial charge on any atom is -0.348 e. The van der Waals surface area contributed by atoms with E-state index in [1.165, 1.54) is 6.20 Å². The summed E-state index contributed by atoms with van der Waals surface area (Å²) in [6.45, 7) is 1.91. The largest absolute Gasteiger partial charge is 0.348 e. The van der Waals surface area contributed by atoms with E-state index in [0.717, 1.165) is 10.9 Å². The Bertz CT molecular complexity index is 628. The molecule has 0 saturated heterocycles. The first kappa shape index (κ1) is 10.1. The van der Waals surface area contributed by atoms with E-state index in [9.17, 15) is 8.42 Å². The van der Waals surface area contributed by atoms with Crippen LogP contribution in [0.4, 0.5) is 0 Å². The van der Waals surface area contributed by atoms with Crippen molar-refractivity contribution in [3.05, 3.63) is 24.0 Å². The standard InChI is InChI=1S/C9H11N3O2S/c1-6-5-12(2)8-7(6)3-4-11-9(8)15(10,13)14/h3-5H,1-2H3,(H2,10,13,14). The normalized spacial score (nSPS) is 12.2. The summed E-state index contributed by atoms with van der Waals surface area (Å²) in [5.41, 5.74) is 1.55. The Balaban J connectivity index is 3.00. The van der Waals surface area contributed by atoms with E-state index in [2.05, 4.69) is 4.98 Å². The molecule has 0 spiro atoms. The average molecular weight is 225 g/mol. The van der Waals surface area contributed by atoms with Crippen molar-refractivity contribution in [1.29, 1.82) is 0 Å². The van der Waals surface area contributed by atoms with E-state index < -0.39 is 10.0 Å². The minimum absolute atomic E-state index is 0.0735. The molecule has 0 radical (unpaired) electrons. The van der Waals surface area contributed by atoms with Crippen molar-refractivity contribution in [2.24, 2.45) is 12.2 Å². The maximum absolute atomic E-state index is 11.3. The van der Waals surface area contributed by atoms with Crippen LogP contribution in [-0.2, 0) is 17.1 Å². The van der Waals surface area contributed by atoms with Crippen LogP contribution in [0.3, 0.4) is 0 Å². The van der Waals surface area contributed by atoms with Gasteiger partial charge < -0.3 is 4.57 Å². The lowest BCUT2D eigenvalue weighted by molar-refractivity contribution is 0.594. The van der Waals surface area contributed by atoms with E-state index in [1.54, 1.807) is 17.7 Å². The maximum atomic E-state index is 11.3. The Morgan fingerprint density at radius 2 is 2.13 bits per heavy atom. The van der Waals surface area contributed by atoms with Gasteiger partial charge in [0.15, 0.2) is 5.03 Å². The number of nitrogens with zero attached hydrogens (tertiary/aromatic N) is 2. The predicted molar refractivity (Wildman–Crippen MR) is 56.8 cm³/mol. The van der Waals surface area contributed by atoms with E-state index in [1.807, 2.05) is 13.1 Å². The summed E-state index contributed by atoms with van der Waals surface area (Å²) in [4.78, 5) is 3.82. The van der Waals surface area contributed by atoms with Gasteiger partial charge >= 0.3 is 0 Å². The highest BCUT2D eigenvalue weighted by Gasteiger charge is 2.17. The van der Waals surface area contributed by atoms with Crippen molar-refractivity contribution in [2.75, 3.05) is 0 Å². The molecule has 0 unspecified atom stereocenters. The first-order chi connectivity index (χ1) is 6.91. The van der Waals surface area contributed by atoms with Crippen molar-refractivity contribution in [3.63, 3.8) is 0 Å². The second kappa shape index (κ2) is 3.04. The number of aromatic nitrogens is 2. The number of fused-ring (bicyclic) bond motifs is 1. The third-order valence-corrected chi connectivity index (χ3v) is 3.16. The molecule has 0 fully saturated rings. The highest BCUT2D eigenvalue weighted by atomic mass is 32.2. The van der Waals surface area contributed by atoms with Crippen LogP contribution in [0.1, 0.15) is 5.56 Å². The maximum Gasteiger partial charge on any atom is 0.257 e. The summed E-state index contributed by atoms with van der Waals surface area (Å²) < 4.78 is 24.3. The molecule has 15 heavy (non-hydrogen) atoms. The van der Waals surface area contributed by atoms with Crippen LogP contribution in [0.2, 0.25) is 0 Å². The minimum atomic E-state index is -3.77. The van der Waals surface area contributed by atoms with Gasteiger partial charge in [0.1, 0.15) is 0 Å². The molecule has 0 saturated carbocycles. The zero-order valence-electron chi connectivity index (χ0n) is 8.43. The van der Waals surface area contributed by atoms with Gasteiger partial charge in [0.05, 0.1) is 5.52 Å². The van der Waals surface area contributed by atoms with Crippen molar-refractivity contribution in [2.45, 2.75) is 11.9 Å². The molecule has 0 aliphatic heterocycles. The van der Waals surface area contributed by atoms with Gasteiger partial charge in [0.2, 0.25) is 0 Å². The van der Waals surface area contributed by atoms with Crippen LogP contribution in [0.25, 0.3) is 10.9 Å². The Kier molecular flexibility index (Phi) is 2.06. The summed E-state index contributed by atoms with van der Waals surface area (Å²) in [6.07, 6.45) is 3.30. The van der Waals surface area contributed by atoms with Gasteiger partial charge in [0.25, 0.3) is 10.0 Å². The molecule has 0 aromatic carbocycles. The third-order valence-electron chi connectivity index (χ3n) is 2.33. The predicted octanol–water partition coefficient (Wildman–Crippen LogP) is 0.529. The molecule has 80 valence electrons. The van der Waals surface area contributed by atoms with Crippen molar-refractivity contribution in [3.8, 4) is 0 Å². The second-order valence-corrected chi connectivity index (χ2v) is 4.96. The van der Waals surface area contributed by atoms with E-state index in [4.69, 9.17) is 5.14 Å². The summed E-state index contributed by atoms with van der Waals surface area (Å²) >= 11 is 0. The highest BCUT2D eigenvalue weighted by Crippen LogP contribution is 2.23. The Morgan fingerprint density at radius 1 is 1.47 bits per heavy atom. The summed E-state index contributed by atoms with van der Waals surface area (Å²) in [5, 5.41) is 5.88. The summed E-state index contributed by atoms with van der Waals surface area (Å²) in [6, 6.07) is 1.78. The molecule has 0 aliphatic rings. The molecule has 2 N–H and O–H groups in total. The number of sulfonamides is 1. The van der Waals surface area contributed by atoms with Crippen molar-refractivity contribution in [1.82, 2.24) is 9.55 Å². The summed E-state index contributed by atoms with van der Waals surface area (Å²) in [7, 11) is -2.00. The SMILES string of the molecule is Cc1cn(C)c2c(S(N)(=O)=O)nccc12. The van der Waals surface area contributed by atoms with Crippen LogP contribution >= 0.6 is 0 Å². The smallest absolute Gasteiger partial charge is 0.257 e. The fraction of sp³-hybridized carbons (Fsp3) is 0.222. The topological polar surface area (TPSA) is 78.0 Å². The number of primary sulfonamides is 1. The monoisotopic (exact) mass is 225 g/mol. The molecule has 2 aromatic heterocycles. The Labute approximate surface area is 87.6 Å². The van der Waals surface area contributed by atoms with E-state index in [-0.39, 0.29) is 5.03 Å². The second-order valence-electron chi connectivity index (χ2n) is 3.48. The first-order valence-electron chi connectivity index (χ1n) is 4.34. The van der Waals surface area contributed by atoms with Gasteiger partial charge in [-0.1, -0.05) is 0 Å². The lowest BCUT2D eigenvalue weighted by Crippen LogP contribution is -2.15. The first-order valence-corrected chi connectivity index (χ1v) is 5.89. The molecule has 0 atom stereocenters. The molecule has 2 heterocycles. The van der Waals surface area contributed by atoms with E-state index >= 15 is 0 Å². The molecule has 0 bridgehead atoms. The van der Waals surface area contributed by atoms with Gasteiger partial charge in [-0.2, -0.15) is 0 Å². The van der Waals surface area contributed by atoms with Gasteiger partial charge in [-0.3, -0.25) is 0 Å². The molecule has 2 rings (SSSR count). The zero-order valence-corrected chi connectivity index (χ0v) is 9.25. The van der Waals surface area contributed by atoms with Crippen LogP contribution < -0.4 is 5.14 Å². The van der Waals surface area contributed by atoms with Crippen LogP contribution in [0, 0.1) is 6.92 Å². The molecule has 0 aliphatic carbocycles. The third kappa shape index (κ3) is 1.51. The molecule has 5 nitrogen and oxygen atoms in total. The van der Waals surface area contributed by atoms with Gasteiger partial charge in [-0.15, -0.1) is 0 Å². The van der Waals surface area contributed by atoms with E-state index in [0.29, 0.717) is 5.52 Å². The molecule has 6 heteroatoms. The Hall–Kier alpha value is -1.40.